The zero-order chi connectivity index (χ0) is 13.1. The fourth-order valence-corrected chi connectivity index (χ4v) is 2.07. The van der Waals surface area contributed by atoms with Gasteiger partial charge in [0.2, 0.25) is 0 Å². The molecule has 0 saturated heterocycles. The molecule has 0 spiro atoms. The first-order valence-electron chi connectivity index (χ1n) is 5.66. The molecule has 0 aliphatic rings. The first-order valence-corrected chi connectivity index (χ1v) is 7.28. The lowest BCUT2D eigenvalue weighted by molar-refractivity contribution is -0.117. The van der Waals surface area contributed by atoms with E-state index >= 15 is 0 Å². The van der Waals surface area contributed by atoms with Gasteiger partial charge < -0.3 is 4.79 Å². The van der Waals surface area contributed by atoms with Crippen LogP contribution in [0.5, 0.6) is 0 Å². The number of carbonyl (C=O) groups is 2. The van der Waals surface area contributed by atoms with Crippen LogP contribution in [0.3, 0.4) is 0 Å². The van der Waals surface area contributed by atoms with Gasteiger partial charge in [0.1, 0.15) is 11.6 Å². The number of carbonyl (C=O) groups excluding carboxylic acids is 2. The highest BCUT2D eigenvalue weighted by molar-refractivity contribution is 7.84. The van der Waals surface area contributed by atoms with Crippen LogP contribution in [0.25, 0.3) is 0 Å². The number of ketones is 2. The average molecular weight is 248 g/mol. The summed E-state index contributed by atoms with van der Waals surface area (Å²) >= 11 is 0. The fourth-order valence-electron chi connectivity index (χ4n) is 1.03. The molecular weight excluding hydrogens is 224 g/mol. The molecule has 0 N–H and O–H groups in total. The second-order valence-electron chi connectivity index (χ2n) is 3.87. The highest BCUT2D eigenvalue weighted by Crippen LogP contribution is 2.08. The van der Waals surface area contributed by atoms with Gasteiger partial charge in [-0.05, 0) is 20.3 Å². The molecular formula is C12H24O3S. The molecule has 0 aromatic carbocycles. The Morgan fingerprint density at radius 3 is 1.75 bits per heavy atom. The van der Waals surface area contributed by atoms with Crippen molar-refractivity contribution >= 4 is 22.4 Å². The summed E-state index contributed by atoms with van der Waals surface area (Å²) in [5, 5.41) is 0.0810. The highest BCUT2D eigenvalue weighted by atomic mass is 32.2. The van der Waals surface area contributed by atoms with E-state index in [2.05, 4.69) is 0 Å². The first kappa shape index (κ1) is 17.9. The SMILES string of the molecule is CCC(C)=O.CCCC(CC(C)=O)S(C)=O. The molecule has 0 saturated carbocycles. The average Bonchev–Trinajstić information content (AvgIpc) is 2.17. The molecule has 0 amide bonds. The van der Waals surface area contributed by atoms with Gasteiger partial charge in [-0.1, -0.05) is 20.3 Å². The van der Waals surface area contributed by atoms with Crippen molar-refractivity contribution < 1.29 is 13.8 Å². The molecule has 0 aliphatic heterocycles. The van der Waals surface area contributed by atoms with Crippen molar-refractivity contribution in [2.75, 3.05) is 6.26 Å². The summed E-state index contributed by atoms with van der Waals surface area (Å²) in [4.78, 5) is 20.5. The largest absolute Gasteiger partial charge is 0.300 e. The molecule has 2 unspecified atom stereocenters. The van der Waals surface area contributed by atoms with Crippen molar-refractivity contribution in [2.24, 2.45) is 0 Å². The number of rotatable bonds is 6. The Kier molecular flexibility index (Phi) is 12.3. The molecule has 3 nitrogen and oxygen atoms in total. The highest BCUT2D eigenvalue weighted by Gasteiger charge is 2.13. The van der Waals surface area contributed by atoms with Crippen molar-refractivity contribution in [3.63, 3.8) is 0 Å². The molecule has 0 aromatic rings. The van der Waals surface area contributed by atoms with Crippen LogP contribution in [-0.4, -0.2) is 27.3 Å². The van der Waals surface area contributed by atoms with Gasteiger partial charge in [0, 0.05) is 35.1 Å². The predicted molar refractivity (Wildman–Crippen MR) is 69.0 cm³/mol. The van der Waals surface area contributed by atoms with E-state index in [4.69, 9.17) is 0 Å². The van der Waals surface area contributed by atoms with E-state index in [1.807, 2.05) is 13.8 Å². The maximum absolute atomic E-state index is 11.0. The number of Topliss-reactive ketones (excluding diaryl/α,β-unsaturated/α-hetero) is 2. The van der Waals surface area contributed by atoms with Gasteiger partial charge in [-0.25, -0.2) is 0 Å². The van der Waals surface area contributed by atoms with E-state index in [0.29, 0.717) is 12.8 Å². The molecule has 0 radical (unpaired) electrons. The van der Waals surface area contributed by atoms with Gasteiger partial charge in [-0.3, -0.25) is 9.00 Å². The zero-order valence-corrected chi connectivity index (χ0v) is 11.9. The summed E-state index contributed by atoms with van der Waals surface area (Å²) in [6.45, 7) is 7.03. The third kappa shape index (κ3) is 13.5. The van der Waals surface area contributed by atoms with Crippen LogP contribution in [0.2, 0.25) is 0 Å². The van der Waals surface area contributed by atoms with Crippen molar-refractivity contribution in [3.8, 4) is 0 Å². The molecule has 0 aliphatic carbocycles. The smallest absolute Gasteiger partial charge is 0.131 e. The lowest BCUT2D eigenvalue weighted by Crippen LogP contribution is -2.17. The predicted octanol–water partition coefficient (Wildman–Crippen LogP) is 2.50. The van der Waals surface area contributed by atoms with E-state index in [1.165, 1.54) is 0 Å². The van der Waals surface area contributed by atoms with Crippen LogP contribution in [-0.2, 0) is 20.4 Å². The molecule has 4 heteroatoms. The van der Waals surface area contributed by atoms with Gasteiger partial charge in [0.05, 0.1) is 0 Å². The molecule has 16 heavy (non-hydrogen) atoms. The second-order valence-corrected chi connectivity index (χ2v) is 5.53. The lowest BCUT2D eigenvalue weighted by atomic mass is 10.1. The number of hydrogen-bond donors (Lipinski definition) is 0. The van der Waals surface area contributed by atoms with Crippen molar-refractivity contribution in [1.29, 1.82) is 0 Å². The standard InChI is InChI=1S/C8H16O2S.C4H8O/c1-4-5-8(11(3)10)6-7(2)9;1-3-4(2)5/h8H,4-6H2,1-3H3;3H2,1-2H3. The van der Waals surface area contributed by atoms with Crippen LogP contribution in [0.1, 0.15) is 53.4 Å². The van der Waals surface area contributed by atoms with Crippen LogP contribution in [0.4, 0.5) is 0 Å². The van der Waals surface area contributed by atoms with Gasteiger partial charge in [0.15, 0.2) is 0 Å². The van der Waals surface area contributed by atoms with Gasteiger partial charge in [-0.2, -0.15) is 0 Å². The minimum Gasteiger partial charge on any atom is -0.300 e. The van der Waals surface area contributed by atoms with Crippen LogP contribution < -0.4 is 0 Å². The second kappa shape index (κ2) is 11.0. The molecule has 0 aromatic heterocycles. The Hall–Kier alpha value is -0.510. The topological polar surface area (TPSA) is 51.2 Å². The van der Waals surface area contributed by atoms with E-state index in [1.54, 1.807) is 20.1 Å². The van der Waals surface area contributed by atoms with Gasteiger partial charge in [0.25, 0.3) is 0 Å². The van der Waals surface area contributed by atoms with E-state index in [0.717, 1.165) is 12.8 Å². The first-order chi connectivity index (χ1) is 7.34. The third-order valence-corrected chi connectivity index (χ3v) is 3.43. The minimum absolute atomic E-state index is 0.0810. The van der Waals surface area contributed by atoms with Crippen molar-refractivity contribution in [2.45, 2.75) is 58.6 Å². The summed E-state index contributed by atoms with van der Waals surface area (Å²) in [5.41, 5.74) is 0. The summed E-state index contributed by atoms with van der Waals surface area (Å²) in [6, 6.07) is 0. The third-order valence-electron chi connectivity index (χ3n) is 2.09. The Morgan fingerprint density at radius 2 is 1.56 bits per heavy atom. The van der Waals surface area contributed by atoms with E-state index in [-0.39, 0.29) is 16.8 Å². The maximum Gasteiger partial charge on any atom is 0.131 e. The Morgan fingerprint density at radius 1 is 1.12 bits per heavy atom. The molecule has 0 rings (SSSR count). The van der Waals surface area contributed by atoms with Crippen molar-refractivity contribution in [3.05, 3.63) is 0 Å². The summed E-state index contributed by atoms with van der Waals surface area (Å²) < 4.78 is 11.0. The van der Waals surface area contributed by atoms with Crippen LogP contribution in [0.15, 0.2) is 0 Å². The zero-order valence-electron chi connectivity index (χ0n) is 11.0. The Balaban J connectivity index is 0. The quantitative estimate of drug-likeness (QED) is 0.725. The summed E-state index contributed by atoms with van der Waals surface area (Å²) in [6.07, 6.45) is 4.69. The van der Waals surface area contributed by atoms with Crippen LogP contribution >= 0.6 is 0 Å². The summed E-state index contributed by atoms with van der Waals surface area (Å²) in [5.74, 6) is 0.392. The molecule has 2 atom stereocenters. The van der Waals surface area contributed by atoms with E-state index in [9.17, 15) is 13.8 Å². The normalized spacial score (nSPS) is 13.3. The van der Waals surface area contributed by atoms with Crippen molar-refractivity contribution in [1.82, 2.24) is 0 Å². The van der Waals surface area contributed by atoms with Crippen LogP contribution in [0, 0.1) is 0 Å². The lowest BCUT2D eigenvalue weighted by Gasteiger charge is -2.09. The molecule has 0 fully saturated rings. The minimum atomic E-state index is -0.845. The number of hydrogen-bond acceptors (Lipinski definition) is 3. The summed E-state index contributed by atoms with van der Waals surface area (Å²) in [7, 11) is -0.845. The Labute approximate surface area is 101 Å². The monoisotopic (exact) mass is 248 g/mol. The maximum atomic E-state index is 11.0. The Bertz CT molecular complexity index is 236. The molecule has 96 valence electrons. The molecule has 0 bridgehead atoms. The fraction of sp³-hybridized carbons (Fsp3) is 0.833. The van der Waals surface area contributed by atoms with E-state index < -0.39 is 10.8 Å². The molecule has 0 heterocycles. The van der Waals surface area contributed by atoms with Gasteiger partial charge >= 0.3 is 0 Å². The van der Waals surface area contributed by atoms with Gasteiger partial charge in [-0.15, -0.1) is 0 Å².